The van der Waals surface area contributed by atoms with Crippen LogP contribution in [0.25, 0.3) is 10.9 Å². The van der Waals surface area contributed by atoms with Crippen molar-refractivity contribution in [2.45, 2.75) is 0 Å². The molecule has 0 atom stereocenters. The fraction of sp³-hybridized carbons (Fsp3) is 0.118. The predicted octanol–water partition coefficient (Wildman–Crippen LogP) is 1.43. The Morgan fingerprint density at radius 2 is 1.88 bits per heavy atom. The van der Waals surface area contributed by atoms with Crippen LogP contribution in [0.1, 0.15) is 20.7 Å². The van der Waals surface area contributed by atoms with Gasteiger partial charge in [0, 0.05) is 35.1 Å². The molecular formula is C17H16N4O3S. The molecule has 0 unspecified atom stereocenters. The lowest BCUT2D eigenvalue weighted by atomic mass is 10.2. The van der Waals surface area contributed by atoms with Crippen LogP contribution in [0, 0.1) is 0 Å². The number of nitrogens with one attached hydrogen (secondary N) is 3. The van der Waals surface area contributed by atoms with Gasteiger partial charge in [-0.15, -0.1) is 0 Å². The Labute approximate surface area is 147 Å². The van der Waals surface area contributed by atoms with Crippen LogP contribution >= 0.6 is 11.3 Å². The van der Waals surface area contributed by atoms with Crippen LogP contribution in [-0.2, 0) is 11.8 Å². The maximum absolute atomic E-state index is 12.3. The average Bonchev–Trinajstić information content (AvgIpc) is 3.26. The topological polar surface area (TPSA) is 92.2 Å². The molecule has 3 N–H and O–H groups in total. The maximum atomic E-state index is 12.3. The van der Waals surface area contributed by atoms with Crippen molar-refractivity contribution in [3.05, 3.63) is 58.4 Å². The lowest BCUT2D eigenvalue weighted by Crippen LogP contribution is -2.46. The molecule has 1 aromatic carbocycles. The lowest BCUT2D eigenvalue weighted by molar-refractivity contribution is -0.120. The van der Waals surface area contributed by atoms with Gasteiger partial charge < -0.3 is 9.88 Å². The van der Waals surface area contributed by atoms with E-state index in [0.717, 1.165) is 10.9 Å². The van der Waals surface area contributed by atoms with Crippen molar-refractivity contribution in [2.75, 3.05) is 6.54 Å². The van der Waals surface area contributed by atoms with Crippen LogP contribution in [0.5, 0.6) is 0 Å². The number of carbonyl (C=O) groups excluding carboxylic acids is 3. The van der Waals surface area contributed by atoms with Crippen LogP contribution in [-0.4, -0.2) is 28.8 Å². The Bertz CT molecular complexity index is 931. The first-order chi connectivity index (χ1) is 12.1. The fourth-order valence-electron chi connectivity index (χ4n) is 2.42. The molecule has 3 rings (SSSR count). The molecule has 25 heavy (non-hydrogen) atoms. The number of rotatable bonds is 4. The highest BCUT2D eigenvalue weighted by Gasteiger charge is 2.14. The number of nitrogens with zero attached hydrogens (tertiary/aromatic N) is 1. The van der Waals surface area contributed by atoms with Crippen LogP contribution in [0.3, 0.4) is 0 Å². The van der Waals surface area contributed by atoms with Crippen molar-refractivity contribution in [3.63, 3.8) is 0 Å². The molecule has 0 aliphatic heterocycles. The zero-order chi connectivity index (χ0) is 17.8. The first-order valence-corrected chi connectivity index (χ1v) is 8.44. The smallest absolute Gasteiger partial charge is 0.271 e. The van der Waals surface area contributed by atoms with Gasteiger partial charge in [0.2, 0.25) is 0 Å². The number of hydrazine groups is 1. The van der Waals surface area contributed by atoms with E-state index in [1.807, 2.05) is 35.9 Å². The van der Waals surface area contributed by atoms with Crippen LogP contribution in [0.4, 0.5) is 0 Å². The second kappa shape index (κ2) is 7.18. The second-order valence-electron chi connectivity index (χ2n) is 5.37. The summed E-state index contributed by atoms with van der Waals surface area (Å²) in [5.41, 5.74) is 6.53. The summed E-state index contributed by atoms with van der Waals surface area (Å²) in [4.78, 5) is 35.8. The minimum absolute atomic E-state index is 0.232. The Balaban J connectivity index is 1.55. The first-order valence-electron chi connectivity index (χ1n) is 7.50. The molecule has 0 spiro atoms. The molecule has 2 aromatic heterocycles. The number of fused-ring (bicyclic) bond motifs is 1. The van der Waals surface area contributed by atoms with E-state index in [-0.39, 0.29) is 12.5 Å². The van der Waals surface area contributed by atoms with Gasteiger partial charge in [-0.3, -0.25) is 25.2 Å². The number of aromatic nitrogens is 1. The summed E-state index contributed by atoms with van der Waals surface area (Å²) in [6, 6.07) is 9.15. The Morgan fingerprint density at radius 3 is 2.64 bits per heavy atom. The van der Waals surface area contributed by atoms with Crippen molar-refractivity contribution < 1.29 is 14.4 Å². The third-order valence-electron chi connectivity index (χ3n) is 3.65. The Hall–Kier alpha value is -3.13. The summed E-state index contributed by atoms with van der Waals surface area (Å²) < 4.78 is 1.84. The monoisotopic (exact) mass is 356 g/mol. The fourth-order valence-corrected chi connectivity index (χ4v) is 3.05. The third kappa shape index (κ3) is 3.69. The number of thiophene rings is 1. The molecule has 7 nitrogen and oxygen atoms in total. The lowest BCUT2D eigenvalue weighted by Gasteiger charge is -2.07. The third-order valence-corrected chi connectivity index (χ3v) is 4.33. The summed E-state index contributed by atoms with van der Waals surface area (Å²) >= 11 is 1.40. The zero-order valence-electron chi connectivity index (χ0n) is 13.4. The summed E-state index contributed by atoms with van der Waals surface area (Å²) in [6.07, 6.45) is 1.70. The highest BCUT2D eigenvalue weighted by Crippen LogP contribution is 2.19. The molecule has 0 aliphatic carbocycles. The van der Waals surface area contributed by atoms with E-state index in [1.165, 1.54) is 11.3 Å². The van der Waals surface area contributed by atoms with Crippen molar-refractivity contribution in [3.8, 4) is 0 Å². The van der Waals surface area contributed by atoms with E-state index in [9.17, 15) is 14.4 Å². The van der Waals surface area contributed by atoms with Crippen LogP contribution in [0.2, 0.25) is 0 Å². The van der Waals surface area contributed by atoms with E-state index in [1.54, 1.807) is 23.0 Å². The summed E-state index contributed by atoms with van der Waals surface area (Å²) in [6.45, 7) is -0.232. The molecule has 0 saturated carbocycles. The van der Waals surface area contributed by atoms with E-state index in [4.69, 9.17) is 0 Å². The predicted molar refractivity (Wildman–Crippen MR) is 95.2 cm³/mol. The number of carbonyl (C=O) groups is 3. The Morgan fingerprint density at radius 1 is 1.08 bits per heavy atom. The first kappa shape index (κ1) is 16.7. The average molecular weight is 356 g/mol. The van der Waals surface area contributed by atoms with Crippen LogP contribution < -0.4 is 16.2 Å². The molecule has 3 amide bonds. The van der Waals surface area contributed by atoms with Gasteiger partial charge in [0.1, 0.15) is 0 Å². The van der Waals surface area contributed by atoms with Crippen molar-refractivity contribution in [1.82, 2.24) is 20.7 Å². The summed E-state index contributed by atoms with van der Waals surface area (Å²) in [7, 11) is 1.84. The van der Waals surface area contributed by atoms with Gasteiger partial charge in [0.15, 0.2) is 0 Å². The largest absolute Gasteiger partial charge is 0.350 e. The van der Waals surface area contributed by atoms with Gasteiger partial charge in [-0.05, 0) is 17.5 Å². The Kier molecular flexibility index (Phi) is 4.80. The quantitative estimate of drug-likeness (QED) is 0.618. The van der Waals surface area contributed by atoms with Crippen LogP contribution in [0.15, 0.2) is 47.3 Å². The van der Waals surface area contributed by atoms with E-state index < -0.39 is 11.8 Å². The normalized spacial score (nSPS) is 10.4. The number of amides is 3. The molecule has 0 aliphatic rings. The highest BCUT2D eigenvalue weighted by molar-refractivity contribution is 7.08. The van der Waals surface area contributed by atoms with Crippen molar-refractivity contribution >= 4 is 40.0 Å². The molecule has 3 aromatic rings. The van der Waals surface area contributed by atoms with Gasteiger partial charge in [0.05, 0.1) is 12.1 Å². The SMILES string of the molecule is Cn1cc(C(=O)NNC(=O)CNC(=O)c2ccsc2)c2ccccc21. The molecule has 8 heteroatoms. The molecule has 0 radical (unpaired) electrons. The standard InChI is InChI=1S/C17H16N4O3S/c1-21-9-13(12-4-2-3-5-14(12)21)17(24)20-19-15(22)8-18-16(23)11-6-7-25-10-11/h2-7,9-10H,8H2,1H3,(H,18,23)(H,19,22)(H,20,24). The van der Waals surface area contributed by atoms with E-state index in [2.05, 4.69) is 16.2 Å². The minimum Gasteiger partial charge on any atom is -0.350 e. The zero-order valence-corrected chi connectivity index (χ0v) is 14.2. The molecule has 128 valence electrons. The number of para-hydroxylation sites is 1. The maximum Gasteiger partial charge on any atom is 0.271 e. The van der Waals surface area contributed by atoms with Gasteiger partial charge in [0.25, 0.3) is 17.7 Å². The minimum atomic E-state index is -0.517. The molecule has 0 fully saturated rings. The molecule has 2 heterocycles. The van der Waals surface area contributed by atoms with Gasteiger partial charge in [-0.25, -0.2) is 0 Å². The molecule has 0 bridgehead atoms. The van der Waals surface area contributed by atoms with Crippen molar-refractivity contribution in [1.29, 1.82) is 0 Å². The molecule has 0 saturated heterocycles. The second-order valence-corrected chi connectivity index (χ2v) is 6.15. The van der Waals surface area contributed by atoms with E-state index in [0.29, 0.717) is 11.1 Å². The number of hydrogen-bond donors (Lipinski definition) is 3. The highest BCUT2D eigenvalue weighted by atomic mass is 32.1. The van der Waals surface area contributed by atoms with Gasteiger partial charge in [-0.2, -0.15) is 11.3 Å². The number of benzene rings is 1. The summed E-state index contributed by atoms with van der Waals surface area (Å²) in [5, 5.41) is 6.74. The summed E-state index contributed by atoms with van der Waals surface area (Å²) in [5.74, 6) is -1.27. The van der Waals surface area contributed by atoms with E-state index >= 15 is 0 Å². The van der Waals surface area contributed by atoms with Gasteiger partial charge in [-0.1, -0.05) is 18.2 Å². The van der Waals surface area contributed by atoms with Gasteiger partial charge >= 0.3 is 0 Å². The number of hydrogen-bond acceptors (Lipinski definition) is 4. The molecular weight excluding hydrogens is 340 g/mol. The van der Waals surface area contributed by atoms with Crippen molar-refractivity contribution in [2.24, 2.45) is 7.05 Å². The number of aryl methyl sites for hydroxylation is 1.